The molecule has 3 aromatic rings. The van der Waals surface area contributed by atoms with Crippen LogP contribution in [0.1, 0.15) is 0 Å². The van der Waals surface area contributed by atoms with E-state index in [1.165, 1.54) is 0 Å². The normalized spacial score (nSPS) is 11.2. The number of halogens is 4. The molecule has 20 heavy (non-hydrogen) atoms. The van der Waals surface area contributed by atoms with Gasteiger partial charge in [0, 0.05) is 29.4 Å². The van der Waals surface area contributed by atoms with Crippen molar-refractivity contribution in [3.63, 3.8) is 0 Å². The number of imidazole rings is 1. The van der Waals surface area contributed by atoms with Gasteiger partial charge < -0.3 is 10.7 Å². The van der Waals surface area contributed by atoms with Crippen LogP contribution < -0.4 is 5.73 Å². The summed E-state index contributed by atoms with van der Waals surface area (Å²) in [5.74, 6) is -4.16. The number of nitrogens with two attached hydrogens (primary N) is 1. The van der Waals surface area contributed by atoms with E-state index in [-0.39, 0.29) is 28.1 Å². The third kappa shape index (κ3) is 1.87. The summed E-state index contributed by atoms with van der Waals surface area (Å²) in [7, 11) is 0. The molecular formula is C13H7F4N3. The fourth-order valence-corrected chi connectivity index (χ4v) is 1.90. The van der Waals surface area contributed by atoms with E-state index in [4.69, 9.17) is 5.73 Å². The van der Waals surface area contributed by atoms with Gasteiger partial charge in [-0.3, -0.25) is 0 Å². The molecule has 0 amide bonds. The van der Waals surface area contributed by atoms with Crippen LogP contribution in [0.5, 0.6) is 0 Å². The molecule has 0 fully saturated rings. The minimum Gasteiger partial charge on any atom is -0.398 e. The molecule has 0 unspecified atom stereocenters. The summed E-state index contributed by atoms with van der Waals surface area (Å²) in [6.45, 7) is 0. The van der Waals surface area contributed by atoms with Crippen molar-refractivity contribution in [1.29, 1.82) is 0 Å². The maximum atomic E-state index is 13.2. The van der Waals surface area contributed by atoms with Gasteiger partial charge in [0.25, 0.3) is 0 Å². The van der Waals surface area contributed by atoms with Gasteiger partial charge in [-0.05, 0) is 6.07 Å². The zero-order valence-corrected chi connectivity index (χ0v) is 9.85. The van der Waals surface area contributed by atoms with Crippen molar-refractivity contribution in [2.45, 2.75) is 0 Å². The van der Waals surface area contributed by atoms with Crippen LogP contribution in [-0.4, -0.2) is 9.97 Å². The van der Waals surface area contributed by atoms with Gasteiger partial charge in [0.05, 0.1) is 11.0 Å². The predicted molar refractivity (Wildman–Crippen MR) is 65.8 cm³/mol. The van der Waals surface area contributed by atoms with Gasteiger partial charge in [0.15, 0.2) is 23.3 Å². The van der Waals surface area contributed by atoms with Crippen molar-refractivity contribution in [2.75, 3.05) is 5.73 Å². The second kappa shape index (κ2) is 4.22. The molecule has 0 bridgehead atoms. The molecule has 3 rings (SSSR count). The molecule has 102 valence electrons. The molecule has 0 atom stereocenters. The molecule has 0 aliphatic heterocycles. The number of rotatable bonds is 1. The fourth-order valence-electron chi connectivity index (χ4n) is 1.90. The van der Waals surface area contributed by atoms with Gasteiger partial charge >= 0.3 is 0 Å². The Balaban J connectivity index is 2.22. The highest BCUT2D eigenvalue weighted by Gasteiger charge is 2.14. The molecule has 0 aliphatic rings. The molecule has 7 heteroatoms. The maximum Gasteiger partial charge on any atom is 0.161 e. The lowest BCUT2D eigenvalue weighted by molar-refractivity contribution is 0.509. The number of fused-ring (bicyclic) bond motifs is 1. The first-order valence-electron chi connectivity index (χ1n) is 5.55. The summed E-state index contributed by atoms with van der Waals surface area (Å²) in [4.78, 5) is 6.67. The zero-order chi connectivity index (χ0) is 14.4. The summed E-state index contributed by atoms with van der Waals surface area (Å²) < 4.78 is 52.4. The number of aromatic amines is 1. The fraction of sp³-hybridized carbons (Fsp3) is 0. The van der Waals surface area contributed by atoms with Crippen molar-refractivity contribution in [1.82, 2.24) is 9.97 Å². The number of hydrogen-bond acceptors (Lipinski definition) is 2. The maximum absolute atomic E-state index is 13.2. The standard InChI is InChI=1S/C13H7F4N3/c14-6-1-5(10(18)2-7(6)15)13-19-11-3-8(16)9(17)4-12(11)20-13/h1-4H,18H2,(H,19,20). The van der Waals surface area contributed by atoms with E-state index in [2.05, 4.69) is 9.97 Å². The van der Waals surface area contributed by atoms with E-state index in [1.54, 1.807) is 0 Å². The van der Waals surface area contributed by atoms with Gasteiger partial charge in [0.1, 0.15) is 5.82 Å². The van der Waals surface area contributed by atoms with Crippen molar-refractivity contribution in [2.24, 2.45) is 0 Å². The Morgan fingerprint density at radius 2 is 1.45 bits per heavy atom. The number of nitrogens with zero attached hydrogens (tertiary/aromatic N) is 1. The first kappa shape index (κ1) is 12.5. The Kier molecular flexibility index (Phi) is 2.63. The van der Waals surface area contributed by atoms with Gasteiger partial charge in [-0.2, -0.15) is 0 Å². The number of nitrogen functional groups attached to an aromatic ring is 1. The van der Waals surface area contributed by atoms with Crippen molar-refractivity contribution >= 4 is 16.7 Å². The first-order valence-corrected chi connectivity index (χ1v) is 5.55. The number of aromatic nitrogens is 2. The van der Waals surface area contributed by atoms with E-state index < -0.39 is 23.3 Å². The topological polar surface area (TPSA) is 54.7 Å². The highest BCUT2D eigenvalue weighted by molar-refractivity contribution is 5.82. The average molecular weight is 281 g/mol. The quantitative estimate of drug-likeness (QED) is 0.530. The summed E-state index contributed by atoms with van der Waals surface area (Å²) in [6.07, 6.45) is 0. The van der Waals surface area contributed by atoms with E-state index in [1.807, 2.05) is 0 Å². The monoisotopic (exact) mass is 281 g/mol. The number of anilines is 1. The Bertz CT molecular complexity index is 787. The largest absolute Gasteiger partial charge is 0.398 e. The third-order valence-electron chi connectivity index (χ3n) is 2.87. The smallest absolute Gasteiger partial charge is 0.161 e. The Labute approximate surface area is 110 Å². The van der Waals surface area contributed by atoms with Crippen LogP contribution in [0.15, 0.2) is 24.3 Å². The molecule has 0 saturated carbocycles. The van der Waals surface area contributed by atoms with Crippen LogP contribution in [0.4, 0.5) is 23.2 Å². The van der Waals surface area contributed by atoms with Crippen molar-refractivity contribution < 1.29 is 17.6 Å². The molecule has 0 saturated heterocycles. The van der Waals surface area contributed by atoms with Crippen LogP contribution >= 0.6 is 0 Å². The lowest BCUT2D eigenvalue weighted by atomic mass is 10.1. The number of hydrogen-bond donors (Lipinski definition) is 2. The molecule has 0 aliphatic carbocycles. The molecular weight excluding hydrogens is 274 g/mol. The summed E-state index contributed by atoms with van der Waals surface area (Å²) in [6, 6.07) is 3.52. The second-order valence-corrected chi connectivity index (χ2v) is 4.22. The lowest BCUT2D eigenvalue weighted by Gasteiger charge is -2.03. The Morgan fingerprint density at radius 3 is 2.20 bits per heavy atom. The first-order chi connectivity index (χ1) is 9.45. The minimum absolute atomic E-state index is 0.0381. The summed E-state index contributed by atoms with van der Waals surface area (Å²) in [5.41, 5.74) is 6.04. The average Bonchev–Trinajstić information content (AvgIpc) is 2.77. The van der Waals surface area contributed by atoms with Crippen LogP contribution in [0, 0.1) is 23.3 Å². The number of benzene rings is 2. The highest BCUT2D eigenvalue weighted by Crippen LogP contribution is 2.28. The summed E-state index contributed by atoms with van der Waals surface area (Å²) >= 11 is 0. The molecule has 1 aromatic heterocycles. The molecule has 0 spiro atoms. The Morgan fingerprint density at radius 1 is 0.850 bits per heavy atom. The van der Waals surface area contributed by atoms with Crippen molar-refractivity contribution in [3.8, 4) is 11.4 Å². The molecule has 1 heterocycles. The van der Waals surface area contributed by atoms with E-state index >= 15 is 0 Å². The summed E-state index contributed by atoms with van der Waals surface area (Å²) in [5, 5.41) is 0. The van der Waals surface area contributed by atoms with Crippen molar-refractivity contribution in [3.05, 3.63) is 47.5 Å². The Hall–Kier alpha value is -2.57. The minimum atomic E-state index is -1.09. The van der Waals surface area contributed by atoms with E-state index in [0.717, 1.165) is 24.3 Å². The van der Waals surface area contributed by atoms with Crippen LogP contribution in [0.3, 0.4) is 0 Å². The zero-order valence-electron chi connectivity index (χ0n) is 9.85. The van der Waals surface area contributed by atoms with Crippen LogP contribution in [0.2, 0.25) is 0 Å². The predicted octanol–water partition coefficient (Wildman–Crippen LogP) is 3.37. The van der Waals surface area contributed by atoms with Crippen LogP contribution in [0.25, 0.3) is 22.4 Å². The van der Waals surface area contributed by atoms with Gasteiger partial charge in [-0.25, -0.2) is 22.5 Å². The molecule has 2 aromatic carbocycles. The molecule has 3 N–H and O–H groups in total. The second-order valence-electron chi connectivity index (χ2n) is 4.22. The SMILES string of the molecule is Nc1cc(F)c(F)cc1-c1nc2cc(F)c(F)cc2[nH]1. The number of nitrogens with one attached hydrogen (secondary N) is 1. The lowest BCUT2D eigenvalue weighted by Crippen LogP contribution is -1.95. The molecule has 0 radical (unpaired) electrons. The van der Waals surface area contributed by atoms with Gasteiger partial charge in [0.2, 0.25) is 0 Å². The number of H-pyrrole nitrogens is 1. The van der Waals surface area contributed by atoms with Gasteiger partial charge in [-0.15, -0.1) is 0 Å². The highest BCUT2D eigenvalue weighted by atomic mass is 19.2. The van der Waals surface area contributed by atoms with E-state index in [0.29, 0.717) is 0 Å². The molecule has 3 nitrogen and oxygen atoms in total. The third-order valence-corrected chi connectivity index (χ3v) is 2.87. The van der Waals surface area contributed by atoms with E-state index in [9.17, 15) is 17.6 Å². The van der Waals surface area contributed by atoms with Gasteiger partial charge in [-0.1, -0.05) is 0 Å². The van der Waals surface area contributed by atoms with Crippen LogP contribution in [-0.2, 0) is 0 Å².